The van der Waals surface area contributed by atoms with Gasteiger partial charge in [0.15, 0.2) is 0 Å². The molecule has 0 saturated heterocycles. The van der Waals surface area contributed by atoms with Crippen LogP contribution in [0.25, 0.3) is 11.0 Å². The molecule has 7 heteroatoms. The minimum absolute atomic E-state index is 0.0710. The summed E-state index contributed by atoms with van der Waals surface area (Å²) in [6.07, 6.45) is 1.34. The Labute approximate surface area is 160 Å². The molecule has 0 atom stereocenters. The number of hydrogen-bond donors (Lipinski definition) is 2. The minimum atomic E-state index is -0.733. The number of hydrogen-bond acceptors (Lipinski definition) is 5. The molecule has 0 saturated carbocycles. The van der Waals surface area contributed by atoms with Crippen LogP contribution < -0.4 is 15.7 Å². The molecule has 0 aliphatic carbocycles. The normalized spacial score (nSPS) is 10.8. The number of aliphatic hydroxyl groups is 1. The van der Waals surface area contributed by atoms with Crippen LogP contribution in [0.5, 0.6) is 5.75 Å². The molecule has 6 nitrogen and oxygen atoms in total. The molecule has 0 aliphatic heterocycles. The largest absolute Gasteiger partial charge is 0.491 e. The van der Waals surface area contributed by atoms with Gasteiger partial charge in [0.25, 0.3) is 5.91 Å². The topological polar surface area (TPSA) is 88.8 Å². The van der Waals surface area contributed by atoms with Crippen molar-refractivity contribution in [1.82, 2.24) is 5.32 Å². The number of carbonyl (C=O) groups excluding carboxylic acids is 1. The Morgan fingerprint density at radius 2 is 1.93 bits per heavy atom. The molecule has 2 aromatic carbocycles. The summed E-state index contributed by atoms with van der Waals surface area (Å²) >= 11 is 0. The third-order valence-corrected chi connectivity index (χ3v) is 4.15. The Morgan fingerprint density at radius 3 is 2.68 bits per heavy atom. The van der Waals surface area contributed by atoms with Crippen molar-refractivity contribution < 1.29 is 23.4 Å². The highest BCUT2D eigenvalue weighted by Crippen LogP contribution is 2.20. The number of fused-ring (bicyclic) bond motifs is 1. The van der Waals surface area contributed by atoms with Crippen molar-refractivity contribution in [2.24, 2.45) is 0 Å². The summed E-state index contributed by atoms with van der Waals surface area (Å²) < 4.78 is 23.4. The van der Waals surface area contributed by atoms with Crippen molar-refractivity contribution in [2.45, 2.75) is 12.8 Å². The van der Waals surface area contributed by atoms with Crippen LogP contribution in [-0.4, -0.2) is 30.8 Å². The molecule has 3 aromatic rings. The average Bonchev–Trinajstić information content (AvgIpc) is 2.70. The van der Waals surface area contributed by atoms with Crippen LogP contribution in [0.1, 0.15) is 22.3 Å². The van der Waals surface area contributed by atoms with E-state index in [2.05, 4.69) is 5.32 Å². The summed E-state index contributed by atoms with van der Waals surface area (Å²) in [5.74, 6) is -0.328. The van der Waals surface area contributed by atoms with E-state index in [1.165, 1.54) is 24.3 Å². The molecule has 28 heavy (non-hydrogen) atoms. The fraction of sp³-hybridized carbons (Fsp3) is 0.238. The lowest BCUT2D eigenvalue weighted by molar-refractivity contribution is 0.0949. The third kappa shape index (κ3) is 4.95. The molecule has 0 bridgehead atoms. The van der Waals surface area contributed by atoms with E-state index in [1.54, 1.807) is 24.3 Å². The SMILES string of the molecule is O=C(NCCCc1ccc(F)cc1)c1cc2ccc(OCCO)cc2oc1=O. The Morgan fingerprint density at radius 1 is 1.14 bits per heavy atom. The minimum Gasteiger partial charge on any atom is -0.491 e. The van der Waals surface area contributed by atoms with Crippen molar-refractivity contribution in [1.29, 1.82) is 0 Å². The molecular weight excluding hydrogens is 365 g/mol. The third-order valence-electron chi connectivity index (χ3n) is 4.15. The lowest BCUT2D eigenvalue weighted by Gasteiger charge is -2.07. The molecule has 3 rings (SSSR count). The molecule has 0 fully saturated rings. The number of amides is 1. The molecular formula is C21H20FNO5. The van der Waals surface area contributed by atoms with Gasteiger partial charge in [0.05, 0.1) is 6.61 Å². The first-order valence-electron chi connectivity index (χ1n) is 8.91. The van der Waals surface area contributed by atoms with E-state index >= 15 is 0 Å². The zero-order chi connectivity index (χ0) is 19.9. The maximum Gasteiger partial charge on any atom is 0.349 e. The van der Waals surface area contributed by atoms with E-state index in [1.807, 2.05) is 0 Å². The zero-order valence-corrected chi connectivity index (χ0v) is 15.1. The van der Waals surface area contributed by atoms with Crippen molar-refractivity contribution in [2.75, 3.05) is 19.8 Å². The number of aryl methyl sites for hydroxylation is 1. The number of benzene rings is 2. The summed E-state index contributed by atoms with van der Waals surface area (Å²) in [5.41, 5.74) is 0.467. The van der Waals surface area contributed by atoms with Crippen LogP contribution in [0.15, 0.2) is 57.7 Å². The van der Waals surface area contributed by atoms with E-state index in [4.69, 9.17) is 14.3 Å². The summed E-state index contributed by atoms with van der Waals surface area (Å²) in [6.45, 7) is 0.387. The maximum atomic E-state index is 12.9. The number of halogens is 1. The Hall–Kier alpha value is -3.19. The summed E-state index contributed by atoms with van der Waals surface area (Å²) in [6, 6.07) is 12.6. The molecule has 1 heterocycles. The van der Waals surface area contributed by atoms with Crippen LogP contribution in [0.4, 0.5) is 4.39 Å². The van der Waals surface area contributed by atoms with Gasteiger partial charge in [-0.1, -0.05) is 12.1 Å². The molecule has 0 spiro atoms. The van der Waals surface area contributed by atoms with E-state index in [0.29, 0.717) is 36.1 Å². The molecule has 1 aromatic heterocycles. The highest BCUT2D eigenvalue weighted by atomic mass is 19.1. The van der Waals surface area contributed by atoms with Gasteiger partial charge in [-0.05, 0) is 48.7 Å². The number of aliphatic hydroxyl groups excluding tert-OH is 1. The van der Waals surface area contributed by atoms with Gasteiger partial charge < -0.3 is 19.6 Å². The van der Waals surface area contributed by atoms with Crippen molar-refractivity contribution >= 4 is 16.9 Å². The van der Waals surface area contributed by atoms with Gasteiger partial charge in [-0.3, -0.25) is 4.79 Å². The van der Waals surface area contributed by atoms with Crippen LogP contribution >= 0.6 is 0 Å². The molecule has 2 N–H and O–H groups in total. The van der Waals surface area contributed by atoms with E-state index in [9.17, 15) is 14.0 Å². The quantitative estimate of drug-likeness (QED) is 0.460. The first-order valence-corrected chi connectivity index (χ1v) is 8.91. The van der Waals surface area contributed by atoms with Crippen LogP contribution in [0.3, 0.4) is 0 Å². The highest BCUT2D eigenvalue weighted by molar-refractivity contribution is 5.96. The van der Waals surface area contributed by atoms with E-state index < -0.39 is 11.5 Å². The predicted octanol–water partition coefficient (Wildman–Crippen LogP) is 2.67. The van der Waals surface area contributed by atoms with Crippen molar-refractivity contribution in [3.63, 3.8) is 0 Å². The van der Waals surface area contributed by atoms with E-state index in [0.717, 1.165) is 5.56 Å². The van der Waals surface area contributed by atoms with Gasteiger partial charge >= 0.3 is 5.63 Å². The standard InChI is InChI=1S/C21H20FNO5/c22-16-6-3-14(4-7-16)2-1-9-23-20(25)18-12-15-5-8-17(27-11-10-24)13-19(15)28-21(18)26/h3-8,12-13,24H,1-2,9-11H2,(H,23,25). The van der Waals surface area contributed by atoms with Gasteiger partial charge in [-0.15, -0.1) is 0 Å². The van der Waals surface area contributed by atoms with Crippen LogP contribution in [0.2, 0.25) is 0 Å². The van der Waals surface area contributed by atoms with Gasteiger partial charge in [0.2, 0.25) is 0 Å². The second-order valence-corrected chi connectivity index (χ2v) is 6.21. The first kappa shape index (κ1) is 19.6. The molecule has 0 radical (unpaired) electrons. The second-order valence-electron chi connectivity index (χ2n) is 6.21. The number of ether oxygens (including phenoxy) is 1. The highest BCUT2D eigenvalue weighted by Gasteiger charge is 2.13. The summed E-state index contributed by atoms with van der Waals surface area (Å²) in [7, 11) is 0. The predicted molar refractivity (Wildman–Crippen MR) is 102 cm³/mol. The van der Waals surface area contributed by atoms with E-state index in [-0.39, 0.29) is 24.6 Å². The number of rotatable bonds is 8. The molecule has 1 amide bonds. The van der Waals surface area contributed by atoms with Crippen LogP contribution in [0, 0.1) is 5.82 Å². The second kappa shape index (κ2) is 9.14. The van der Waals surface area contributed by atoms with Gasteiger partial charge in [-0.25, -0.2) is 9.18 Å². The average molecular weight is 385 g/mol. The van der Waals surface area contributed by atoms with Gasteiger partial charge in [-0.2, -0.15) is 0 Å². The molecule has 0 aliphatic rings. The Balaban J connectivity index is 1.61. The Bertz CT molecular complexity index is 1010. The van der Waals surface area contributed by atoms with Crippen molar-refractivity contribution in [3.05, 3.63) is 75.9 Å². The van der Waals surface area contributed by atoms with Crippen molar-refractivity contribution in [3.8, 4) is 5.75 Å². The monoisotopic (exact) mass is 385 g/mol. The fourth-order valence-corrected chi connectivity index (χ4v) is 2.74. The lowest BCUT2D eigenvalue weighted by atomic mass is 10.1. The maximum absolute atomic E-state index is 12.9. The lowest BCUT2D eigenvalue weighted by Crippen LogP contribution is -2.29. The summed E-state index contributed by atoms with van der Waals surface area (Å²) in [4.78, 5) is 24.4. The number of carbonyl (C=O) groups is 1. The summed E-state index contributed by atoms with van der Waals surface area (Å²) in [5, 5.41) is 12.1. The Kier molecular flexibility index (Phi) is 6.39. The number of nitrogens with one attached hydrogen (secondary N) is 1. The molecule has 0 unspecified atom stereocenters. The van der Waals surface area contributed by atoms with Crippen LogP contribution in [-0.2, 0) is 6.42 Å². The van der Waals surface area contributed by atoms with Gasteiger partial charge in [0, 0.05) is 18.0 Å². The molecule has 146 valence electrons. The van der Waals surface area contributed by atoms with Gasteiger partial charge in [0.1, 0.15) is 29.3 Å². The fourth-order valence-electron chi connectivity index (χ4n) is 2.74. The zero-order valence-electron chi connectivity index (χ0n) is 15.1. The first-order chi connectivity index (χ1) is 13.6. The smallest absolute Gasteiger partial charge is 0.349 e.